The summed E-state index contributed by atoms with van der Waals surface area (Å²) in [5.74, 6) is 1.04. The molecule has 18 heavy (non-hydrogen) atoms. The first kappa shape index (κ1) is 11.1. The van der Waals surface area contributed by atoms with E-state index in [1.165, 1.54) is 11.1 Å². The highest BCUT2D eigenvalue weighted by Gasteiger charge is 2.11. The molecule has 1 aliphatic rings. The molecule has 0 spiro atoms. The van der Waals surface area contributed by atoms with E-state index in [1.807, 2.05) is 12.3 Å². The molecule has 3 nitrogen and oxygen atoms in total. The van der Waals surface area contributed by atoms with Crippen LogP contribution in [0.15, 0.2) is 36.7 Å². The zero-order valence-corrected chi connectivity index (χ0v) is 10.2. The molecule has 1 aromatic heterocycles. The molecule has 0 unspecified atom stereocenters. The number of nitrogens with two attached hydrogens (primary N) is 1. The Morgan fingerprint density at radius 3 is 3.06 bits per heavy atom. The number of aryl methyl sites for hydroxylation is 2. The second-order valence-electron chi connectivity index (χ2n) is 4.62. The Morgan fingerprint density at radius 1 is 1.22 bits per heavy atom. The van der Waals surface area contributed by atoms with Gasteiger partial charge in [-0.25, -0.2) is 0 Å². The van der Waals surface area contributed by atoms with Crippen LogP contribution in [-0.2, 0) is 19.3 Å². The van der Waals surface area contributed by atoms with Gasteiger partial charge in [-0.1, -0.05) is 12.1 Å². The Bertz CT molecular complexity index is 566. The molecule has 0 radical (unpaired) electrons. The predicted octanol–water partition coefficient (Wildman–Crippen LogP) is 2.38. The van der Waals surface area contributed by atoms with Gasteiger partial charge in [-0.2, -0.15) is 0 Å². The first-order valence-corrected chi connectivity index (χ1v) is 6.26. The van der Waals surface area contributed by atoms with Crippen LogP contribution < -0.4 is 10.5 Å². The molecular formula is C15H16N2O. The maximum atomic E-state index is 5.91. The maximum absolute atomic E-state index is 5.91. The summed E-state index contributed by atoms with van der Waals surface area (Å²) in [6.07, 6.45) is 6.53. The first-order valence-electron chi connectivity index (χ1n) is 6.26. The maximum Gasteiger partial charge on any atom is 0.122 e. The van der Waals surface area contributed by atoms with Crippen molar-refractivity contribution >= 4 is 5.69 Å². The number of rotatable bonds is 3. The Balaban J connectivity index is 1.72. The lowest BCUT2D eigenvalue weighted by molar-refractivity contribution is 0.357. The van der Waals surface area contributed by atoms with Gasteiger partial charge in [0.25, 0.3) is 0 Å². The van der Waals surface area contributed by atoms with Gasteiger partial charge in [0, 0.05) is 24.5 Å². The van der Waals surface area contributed by atoms with Gasteiger partial charge in [-0.3, -0.25) is 4.98 Å². The largest absolute Gasteiger partial charge is 0.493 e. The summed E-state index contributed by atoms with van der Waals surface area (Å²) in [6.45, 7) is 0.814. The van der Waals surface area contributed by atoms with Crippen molar-refractivity contribution < 1.29 is 4.74 Å². The van der Waals surface area contributed by atoms with Crippen molar-refractivity contribution in [2.75, 3.05) is 12.3 Å². The second kappa shape index (κ2) is 4.69. The summed E-state index contributed by atoms with van der Waals surface area (Å²) in [7, 11) is 0. The van der Waals surface area contributed by atoms with Gasteiger partial charge in [-0.15, -0.1) is 0 Å². The minimum absolute atomic E-state index is 0.814. The molecule has 0 fully saturated rings. The van der Waals surface area contributed by atoms with Crippen molar-refractivity contribution in [3.05, 3.63) is 53.3 Å². The van der Waals surface area contributed by atoms with E-state index in [1.54, 1.807) is 6.20 Å². The zero-order valence-electron chi connectivity index (χ0n) is 10.2. The summed E-state index contributed by atoms with van der Waals surface area (Å²) in [5, 5.41) is 0. The molecule has 3 heteroatoms. The van der Waals surface area contributed by atoms with E-state index >= 15 is 0 Å². The average molecular weight is 240 g/mol. The third kappa shape index (κ3) is 2.16. The second-order valence-corrected chi connectivity index (χ2v) is 4.62. The quantitative estimate of drug-likeness (QED) is 0.896. The van der Waals surface area contributed by atoms with Crippen LogP contribution in [0.25, 0.3) is 0 Å². The molecule has 2 heterocycles. The van der Waals surface area contributed by atoms with Crippen LogP contribution in [-0.4, -0.2) is 11.6 Å². The van der Waals surface area contributed by atoms with E-state index < -0.39 is 0 Å². The van der Waals surface area contributed by atoms with Crippen LogP contribution in [0.3, 0.4) is 0 Å². The molecule has 0 saturated heterocycles. The van der Waals surface area contributed by atoms with E-state index in [-0.39, 0.29) is 0 Å². The third-order valence-electron chi connectivity index (χ3n) is 3.38. The minimum atomic E-state index is 0.814. The summed E-state index contributed by atoms with van der Waals surface area (Å²) in [6, 6.07) is 8.31. The number of nitrogen functional groups attached to an aromatic ring is 1. The van der Waals surface area contributed by atoms with E-state index in [2.05, 4.69) is 23.2 Å². The van der Waals surface area contributed by atoms with E-state index in [0.29, 0.717) is 0 Å². The van der Waals surface area contributed by atoms with Crippen molar-refractivity contribution in [3.63, 3.8) is 0 Å². The standard InChI is InChI=1S/C15H16N2O/c16-14-5-7-17-10-13(14)3-1-11-2-4-15-12(9-11)6-8-18-15/h2,4-5,7,9-10H,1,3,6,8H2,(H2,16,17). The monoisotopic (exact) mass is 240 g/mol. The van der Waals surface area contributed by atoms with Crippen molar-refractivity contribution in [1.29, 1.82) is 0 Å². The highest BCUT2D eigenvalue weighted by Crippen LogP contribution is 2.26. The number of hydrogen-bond acceptors (Lipinski definition) is 3. The van der Waals surface area contributed by atoms with Gasteiger partial charge in [0.1, 0.15) is 5.75 Å². The minimum Gasteiger partial charge on any atom is -0.493 e. The highest BCUT2D eigenvalue weighted by atomic mass is 16.5. The van der Waals surface area contributed by atoms with Crippen LogP contribution in [0.1, 0.15) is 16.7 Å². The molecule has 0 bridgehead atoms. The fourth-order valence-electron chi connectivity index (χ4n) is 2.32. The van der Waals surface area contributed by atoms with E-state index in [9.17, 15) is 0 Å². The molecule has 0 amide bonds. The fourth-order valence-corrected chi connectivity index (χ4v) is 2.32. The van der Waals surface area contributed by atoms with Crippen molar-refractivity contribution in [3.8, 4) is 5.75 Å². The average Bonchev–Trinajstić information content (AvgIpc) is 2.85. The number of benzene rings is 1. The van der Waals surface area contributed by atoms with Gasteiger partial charge in [0.15, 0.2) is 0 Å². The third-order valence-corrected chi connectivity index (χ3v) is 3.38. The smallest absolute Gasteiger partial charge is 0.122 e. The number of ether oxygens (including phenoxy) is 1. The normalized spacial score (nSPS) is 13.1. The molecule has 92 valence electrons. The van der Waals surface area contributed by atoms with Crippen LogP contribution in [0.4, 0.5) is 5.69 Å². The van der Waals surface area contributed by atoms with Crippen LogP contribution in [0.2, 0.25) is 0 Å². The lowest BCUT2D eigenvalue weighted by Crippen LogP contribution is -1.98. The zero-order chi connectivity index (χ0) is 12.4. The predicted molar refractivity (Wildman–Crippen MR) is 71.7 cm³/mol. The van der Waals surface area contributed by atoms with Gasteiger partial charge >= 0.3 is 0 Å². The Labute approximate surface area is 107 Å². The van der Waals surface area contributed by atoms with Crippen molar-refractivity contribution in [1.82, 2.24) is 4.98 Å². The Kier molecular flexibility index (Phi) is 2.89. The number of pyridine rings is 1. The summed E-state index contributed by atoms with van der Waals surface area (Å²) in [4.78, 5) is 4.12. The summed E-state index contributed by atoms with van der Waals surface area (Å²) in [5.41, 5.74) is 10.5. The molecule has 0 aliphatic carbocycles. The number of nitrogens with zero attached hydrogens (tertiary/aromatic N) is 1. The van der Waals surface area contributed by atoms with Crippen molar-refractivity contribution in [2.24, 2.45) is 0 Å². The number of aromatic nitrogens is 1. The lowest BCUT2D eigenvalue weighted by atomic mass is 10.0. The van der Waals surface area contributed by atoms with E-state index in [4.69, 9.17) is 10.5 Å². The van der Waals surface area contributed by atoms with Crippen LogP contribution >= 0.6 is 0 Å². The molecular weight excluding hydrogens is 224 g/mol. The molecule has 0 saturated carbocycles. The number of fused-ring (bicyclic) bond motifs is 1. The molecule has 0 atom stereocenters. The molecule has 1 aromatic carbocycles. The van der Waals surface area contributed by atoms with Crippen LogP contribution in [0, 0.1) is 0 Å². The van der Waals surface area contributed by atoms with Gasteiger partial charge in [0.05, 0.1) is 6.61 Å². The highest BCUT2D eigenvalue weighted by molar-refractivity contribution is 5.45. The Morgan fingerprint density at radius 2 is 2.17 bits per heavy atom. The first-order chi connectivity index (χ1) is 8.83. The molecule has 2 N–H and O–H groups in total. The molecule has 1 aliphatic heterocycles. The Hall–Kier alpha value is -2.03. The summed E-state index contributed by atoms with van der Waals surface area (Å²) < 4.78 is 5.51. The van der Waals surface area contributed by atoms with Gasteiger partial charge in [-0.05, 0) is 41.7 Å². The van der Waals surface area contributed by atoms with E-state index in [0.717, 1.165) is 42.9 Å². The number of hydrogen-bond donors (Lipinski definition) is 1. The van der Waals surface area contributed by atoms with Crippen molar-refractivity contribution in [2.45, 2.75) is 19.3 Å². The van der Waals surface area contributed by atoms with Gasteiger partial charge < -0.3 is 10.5 Å². The SMILES string of the molecule is Nc1ccncc1CCc1ccc2c(c1)CCO2. The van der Waals surface area contributed by atoms with Gasteiger partial charge in [0.2, 0.25) is 0 Å². The number of anilines is 1. The topological polar surface area (TPSA) is 48.1 Å². The fraction of sp³-hybridized carbons (Fsp3) is 0.267. The lowest BCUT2D eigenvalue weighted by Gasteiger charge is -2.06. The molecule has 2 aromatic rings. The molecule has 3 rings (SSSR count). The summed E-state index contributed by atoms with van der Waals surface area (Å²) >= 11 is 0. The van der Waals surface area contributed by atoms with Crippen LogP contribution in [0.5, 0.6) is 5.75 Å².